The quantitative estimate of drug-likeness (QED) is 0.436. The van der Waals surface area contributed by atoms with Gasteiger partial charge in [-0.2, -0.15) is 0 Å². The van der Waals surface area contributed by atoms with Crippen molar-refractivity contribution in [1.82, 2.24) is 15.5 Å². The largest absolute Gasteiger partial charge is 0.357 e. The number of guanidine groups is 1. The molecule has 0 spiro atoms. The highest BCUT2D eigenvalue weighted by atomic mass is 15.3. The maximum atomic E-state index is 5.26. The molecule has 2 aliphatic rings. The molecule has 4 heteroatoms. The number of aliphatic imine (C=N–C) groups is 1. The van der Waals surface area contributed by atoms with Crippen LogP contribution in [0.1, 0.15) is 26.7 Å². The van der Waals surface area contributed by atoms with Crippen molar-refractivity contribution in [1.29, 1.82) is 0 Å². The van der Waals surface area contributed by atoms with Gasteiger partial charge in [-0.15, -0.1) is 6.42 Å². The Morgan fingerprint density at radius 1 is 1.44 bits per heavy atom. The monoisotopic (exact) mass is 248 g/mol. The molecular weight excluding hydrogens is 224 g/mol. The second kappa shape index (κ2) is 6.10. The van der Waals surface area contributed by atoms with Crippen molar-refractivity contribution in [3.63, 3.8) is 0 Å². The lowest BCUT2D eigenvalue weighted by atomic mass is 10.1. The summed E-state index contributed by atoms with van der Waals surface area (Å²) in [7, 11) is 0. The van der Waals surface area contributed by atoms with E-state index in [0.717, 1.165) is 25.1 Å². The SMILES string of the molecule is C#CCN=C(NCC)NC1CN(C2CC2)CC1C. The molecule has 1 heterocycles. The highest BCUT2D eigenvalue weighted by molar-refractivity contribution is 5.80. The molecule has 100 valence electrons. The van der Waals surface area contributed by atoms with Crippen LogP contribution in [0.5, 0.6) is 0 Å². The van der Waals surface area contributed by atoms with Gasteiger partial charge in [0.2, 0.25) is 0 Å². The van der Waals surface area contributed by atoms with Gasteiger partial charge in [-0.3, -0.25) is 4.90 Å². The van der Waals surface area contributed by atoms with E-state index in [1.165, 1.54) is 19.4 Å². The van der Waals surface area contributed by atoms with Crippen molar-refractivity contribution in [2.75, 3.05) is 26.2 Å². The van der Waals surface area contributed by atoms with Gasteiger partial charge in [0.1, 0.15) is 6.54 Å². The summed E-state index contributed by atoms with van der Waals surface area (Å²) in [5, 5.41) is 6.77. The van der Waals surface area contributed by atoms with E-state index >= 15 is 0 Å². The van der Waals surface area contributed by atoms with E-state index in [-0.39, 0.29) is 0 Å². The Bertz CT molecular complexity index is 340. The summed E-state index contributed by atoms with van der Waals surface area (Å²) in [6.45, 7) is 8.02. The molecule has 0 bridgehead atoms. The van der Waals surface area contributed by atoms with Crippen LogP contribution in [0.2, 0.25) is 0 Å². The van der Waals surface area contributed by atoms with E-state index in [4.69, 9.17) is 6.42 Å². The summed E-state index contributed by atoms with van der Waals surface area (Å²) in [4.78, 5) is 6.96. The molecule has 18 heavy (non-hydrogen) atoms. The lowest BCUT2D eigenvalue weighted by molar-refractivity contribution is 0.315. The summed E-state index contributed by atoms with van der Waals surface area (Å²) >= 11 is 0. The zero-order chi connectivity index (χ0) is 13.0. The Morgan fingerprint density at radius 3 is 2.83 bits per heavy atom. The van der Waals surface area contributed by atoms with Crippen molar-refractivity contribution in [2.45, 2.75) is 38.8 Å². The third-order valence-corrected chi connectivity index (χ3v) is 3.70. The molecule has 1 aliphatic heterocycles. The fraction of sp³-hybridized carbons (Fsp3) is 0.786. The zero-order valence-electron chi connectivity index (χ0n) is 11.4. The second-order valence-corrected chi connectivity index (χ2v) is 5.31. The normalized spacial score (nSPS) is 29.1. The first-order valence-electron chi connectivity index (χ1n) is 6.97. The van der Waals surface area contributed by atoms with Crippen LogP contribution in [0.25, 0.3) is 0 Å². The molecule has 0 radical (unpaired) electrons. The molecular formula is C14H24N4. The molecule has 0 amide bonds. The van der Waals surface area contributed by atoms with Crippen LogP contribution in [0, 0.1) is 18.3 Å². The van der Waals surface area contributed by atoms with Crippen molar-refractivity contribution in [3.05, 3.63) is 0 Å². The van der Waals surface area contributed by atoms with E-state index in [2.05, 4.69) is 40.3 Å². The van der Waals surface area contributed by atoms with E-state index in [1.54, 1.807) is 0 Å². The highest BCUT2D eigenvalue weighted by Gasteiger charge is 2.38. The number of likely N-dealkylation sites (tertiary alicyclic amines) is 1. The zero-order valence-corrected chi connectivity index (χ0v) is 11.4. The summed E-state index contributed by atoms with van der Waals surface area (Å²) in [6.07, 6.45) is 8.02. The molecule has 2 rings (SSSR count). The number of nitrogens with one attached hydrogen (secondary N) is 2. The molecule has 2 fully saturated rings. The summed E-state index contributed by atoms with van der Waals surface area (Å²) in [6, 6.07) is 1.34. The molecule has 2 atom stereocenters. The minimum atomic E-state index is 0.433. The number of hydrogen-bond donors (Lipinski definition) is 2. The van der Waals surface area contributed by atoms with Gasteiger partial charge in [-0.1, -0.05) is 12.8 Å². The number of nitrogens with zero attached hydrogens (tertiary/aromatic N) is 2. The third kappa shape index (κ3) is 3.39. The molecule has 1 saturated heterocycles. The Morgan fingerprint density at radius 2 is 2.22 bits per heavy atom. The Balaban J connectivity index is 1.88. The lowest BCUT2D eigenvalue weighted by Gasteiger charge is -2.20. The van der Waals surface area contributed by atoms with Crippen LogP contribution < -0.4 is 10.6 Å². The van der Waals surface area contributed by atoms with Gasteiger partial charge in [0.05, 0.1) is 0 Å². The van der Waals surface area contributed by atoms with Crippen LogP contribution in [-0.2, 0) is 0 Å². The van der Waals surface area contributed by atoms with Crippen molar-refractivity contribution in [3.8, 4) is 12.3 Å². The van der Waals surface area contributed by atoms with Crippen molar-refractivity contribution in [2.24, 2.45) is 10.9 Å². The van der Waals surface area contributed by atoms with Crippen molar-refractivity contribution >= 4 is 5.96 Å². The molecule has 1 saturated carbocycles. The second-order valence-electron chi connectivity index (χ2n) is 5.31. The third-order valence-electron chi connectivity index (χ3n) is 3.70. The van der Waals surface area contributed by atoms with Crippen LogP contribution in [-0.4, -0.2) is 49.1 Å². The van der Waals surface area contributed by atoms with Crippen molar-refractivity contribution < 1.29 is 0 Å². The molecule has 2 N–H and O–H groups in total. The summed E-state index contributed by atoms with van der Waals surface area (Å²) in [5.74, 6) is 4.07. The molecule has 1 aliphatic carbocycles. The van der Waals surface area contributed by atoms with Crippen LogP contribution in [0.15, 0.2) is 4.99 Å². The number of rotatable bonds is 4. The highest BCUT2D eigenvalue weighted by Crippen LogP contribution is 2.31. The van der Waals surface area contributed by atoms with Gasteiger partial charge in [-0.05, 0) is 25.7 Å². The van der Waals surface area contributed by atoms with E-state index in [9.17, 15) is 0 Å². The van der Waals surface area contributed by atoms with Gasteiger partial charge in [-0.25, -0.2) is 4.99 Å². The van der Waals surface area contributed by atoms with E-state index in [1.807, 2.05) is 0 Å². The van der Waals surface area contributed by atoms with Crippen LogP contribution >= 0.6 is 0 Å². The minimum absolute atomic E-state index is 0.433. The van der Waals surface area contributed by atoms with Gasteiger partial charge in [0, 0.05) is 31.7 Å². The van der Waals surface area contributed by atoms with Gasteiger partial charge < -0.3 is 10.6 Å². The smallest absolute Gasteiger partial charge is 0.192 e. The van der Waals surface area contributed by atoms with Gasteiger partial charge in [0.25, 0.3) is 0 Å². The predicted octanol–water partition coefficient (Wildman–Crippen LogP) is 0.657. The fourth-order valence-corrected chi connectivity index (χ4v) is 2.55. The average molecular weight is 248 g/mol. The van der Waals surface area contributed by atoms with Gasteiger partial charge >= 0.3 is 0 Å². The molecule has 0 aromatic rings. The minimum Gasteiger partial charge on any atom is -0.357 e. The Hall–Kier alpha value is -1.21. The maximum absolute atomic E-state index is 5.26. The maximum Gasteiger partial charge on any atom is 0.192 e. The summed E-state index contributed by atoms with van der Waals surface area (Å²) < 4.78 is 0. The molecule has 0 aromatic heterocycles. The van der Waals surface area contributed by atoms with E-state index < -0.39 is 0 Å². The first kappa shape index (κ1) is 13.2. The van der Waals surface area contributed by atoms with Crippen LogP contribution in [0.4, 0.5) is 0 Å². The lowest BCUT2D eigenvalue weighted by Crippen LogP contribution is -2.46. The fourth-order valence-electron chi connectivity index (χ4n) is 2.55. The number of terminal acetylenes is 1. The average Bonchev–Trinajstić information content (AvgIpc) is 3.13. The Labute approximate surface area is 110 Å². The van der Waals surface area contributed by atoms with Gasteiger partial charge in [0.15, 0.2) is 5.96 Å². The Kier molecular flexibility index (Phi) is 4.48. The summed E-state index contributed by atoms with van der Waals surface area (Å²) in [5.41, 5.74) is 0. The van der Waals surface area contributed by atoms with E-state index in [0.29, 0.717) is 18.5 Å². The topological polar surface area (TPSA) is 39.7 Å². The first-order valence-corrected chi connectivity index (χ1v) is 6.97. The number of hydrogen-bond acceptors (Lipinski definition) is 2. The standard InChI is InChI=1S/C14H24N4/c1-4-8-16-14(15-5-2)17-13-10-18(9-11(13)3)12-6-7-12/h1,11-13H,5-10H2,2-3H3,(H2,15,16,17). The predicted molar refractivity (Wildman–Crippen MR) is 75.5 cm³/mol. The molecule has 4 nitrogen and oxygen atoms in total. The van der Waals surface area contributed by atoms with Crippen LogP contribution in [0.3, 0.4) is 0 Å². The first-order chi connectivity index (χ1) is 8.74. The molecule has 2 unspecified atom stereocenters. The molecule has 0 aromatic carbocycles.